The number of carbonyl (C=O) groups is 1. The van der Waals surface area contributed by atoms with Crippen LogP contribution in [0, 0.1) is 5.92 Å². The summed E-state index contributed by atoms with van der Waals surface area (Å²) < 4.78 is 26.3. The maximum Gasteiger partial charge on any atom is 0.244 e. The van der Waals surface area contributed by atoms with Crippen molar-refractivity contribution in [1.82, 2.24) is 9.71 Å². The molecule has 1 aromatic rings. The number of pyridine rings is 1. The topological polar surface area (TPSA) is 128 Å². The molecule has 0 saturated heterocycles. The predicted octanol–water partition coefficient (Wildman–Crippen LogP) is -0.548. The zero-order valence-corrected chi connectivity index (χ0v) is 10.9. The van der Waals surface area contributed by atoms with Gasteiger partial charge < -0.3 is 11.5 Å². The lowest BCUT2D eigenvalue weighted by Crippen LogP contribution is -2.47. The second kappa shape index (κ2) is 5.32. The SMILES string of the molecule is CC(C)C(NS(=O)(=O)c1cnccc1N)C(N)=O. The van der Waals surface area contributed by atoms with Crippen molar-refractivity contribution in [3.63, 3.8) is 0 Å². The molecule has 0 aliphatic carbocycles. The van der Waals surface area contributed by atoms with Gasteiger partial charge in [-0.15, -0.1) is 0 Å². The number of nitrogens with zero attached hydrogens (tertiary/aromatic N) is 1. The van der Waals surface area contributed by atoms with E-state index >= 15 is 0 Å². The summed E-state index contributed by atoms with van der Waals surface area (Å²) >= 11 is 0. The third-order valence-electron chi connectivity index (χ3n) is 2.36. The number of sulfonamides is 1. The van der Waals surface area contributed by atoms with E-state index in [1.165, 1.54) is 12.3 Å². The summed E-state index contributed by atoms with van der Waals surface area (Å²) in [7, 11) is -3.92. The summed E-state index contributed by atoms with van der Waals surface area (Å²) in [5.41, 5.74) is 10.8. The number of primary amides is 1. The molecule has 1 aromatic heterocycles. The van der Waals surface area contributed by atoms with Crippen LogP contribution in [0.5, 0.6) is 0 Å². The molecule has 8 heteroatoms. The first-order valence-electron chi connectivity index (χ1n) is 5.27. The fraction of sp³-hybridized carbons (Fsp3) is 0.400. The van der Waals surface area contributed by atoms with Gasteiger partial charge in [-0.1, -0.05) is 13.8 Å². The number of hydrogen-bond donors (Lipinski definition) is 3. The monoisotopic (exact) mass is 272 g/mol. The van der Waals surface area contributed by atoms with E-state index < -0.39 is 22.0 Å². The molecule has 0 radical (unpaired) electrons. The van der Waals surface area contributed by atoms with Crippen molar-refractivity contribution in [1.29, 1.82) is 0 Å². The van der Waals surface area contributed by atoms with Gasteiger partial charge in [0.05, 0.1) is 5.69 Å². The number of rotatable bonds is 5. The molecular weight excluding hydrogens is 256 g/mol. The quantitative estimate of drug-likeness (QED) is 0.662. The number of amides is 1. The molecule has 0 saturated carbocycles. The lowest BCUT2D eigenvalue weighted by atomic mass is 10.1. The Balaban J connectivity index is 3.09. The fourth-order valence-corrected chi connectivity index (χ4v) is 2.80. The second-order valence-electron chi connectivity index (χ2n) is 4.16. The molecule has 1 rings (SSSR count). The van der Waals surface area contributed by atoms with Gasteiger partial charge in [-0.25, -0.2) is 8.42 Å². The van der Waals surface area contributed by atoms with E-state index in [0.717, 1.165) is 6.20 Å². The van der Waals surface area contributed by atoms with Crippen molar-refractivity contribution in [2.75, 3.05) is 5.73 Å². The predicted molar refractivity (Wildman–Crippen MR) is 66.8 cm³/mol. The number of nitrogens with one attached hydrogen (secondary N) is 1. The molecule has 1 amide bonds. The Morgan fingerprint density at radius 2 is 2.06 bits per heavy atom. The maximum absolute atomic E-state index is 12.0. The van der Waals surface area contributed by atoms with E-state index in [0.29, 0.717) is 0 Å². The lowest BCUT2D eigenvalue weighted by molar-refractivity contribution is -0.120. The van der Waals surface area contributed by atoms with Crippen molar-refractivity contribution < 1.29 is 13.2 Å². The van der Waals surface area contributed by atoms with Gasteiger partial charge in [-0.3, -0.25) is 9.78 Å². The van der Waals surface area contributed by atoms with Crippen molar-refractivity contribution in [2.24, 2.45) is 11.7 Å². The van der Waals surface area contributed by atoms with Gasteiger partial charge >= 0.3 is 0 Å². The Morgan fingerprint density at radius 3 is 2.50 bits per heavy atom. The highest BCUT2D eigenvalue weighted by Crippen LogP contribution is 2.17. The Bertz CT molecular complexity index is 542. The molecule has 100 valence electrons. The van der Waals surface area contributed by atoms with Crippen LogP contribution in [0.2, 0.25) is 0 Å². The van der Waals surface area contributed by atoms with Crippen LogP contribution in [-0.4, -0.2) is 25.4 Å². The molecule has 1 atom stereocenters. The summed E-state index contributed by atoms with van der Waals surface area (Å²) in [4.78, 5) is 14.7. The van der Waals surface area contributed by atoms with Crippen LogP contribution in [-0.2, 0) is 14.8 Å². The molecule has 0 aliphatic rings. The highest BCUT2D eigenvalue weighted by Gasteiger charge is 2.27. The van der Waals surface area contributed by atoms with Crippen molar-refractivity contribution in [3.8, 4) is 0 Å². The van der Waals surface area contributed by atoms with Gasteiger partial charge in [-0.05, 0) is 12.0 Å². The zero-order valence-electron chi connectivity index (χ0n) is 10.1. The number of anilines is 1. The summed E-state index contributed by atoms with van der Waals surface area (Å²) in [6.07, 6.45) is 2.50. The highest BCUT2D eigenvalue weighted by atomic mass is 32.2. The summed E-state index contributed by atoms with van der Waals surface area (Å²) in [5, 5.41) is 0. The van der Waals surface area contributed by atoms with Crippen LogP contribution in [0.1, 0.15) is 13.8 Å². The van der Waals surface area contributed by atoms with E-state index in [9.17, 15) is 13.2 Å². The third kappa shape index (κ3) is 3.17. The van der Waals surface area contributed by atoms with Gasteiger partial charge in [0.1, 0.15) is 10.9 Å². The molecule has 0 aliphatic heterocycles. The van der Waals surface area contributed by atoms with Crippen LogP contribution in [0.25, 0.3) is 0 Å². The summed E-state index contributed by atoms with van der Waals surface area (Å²) in [6.45, 7) is 3.37. The molecule has 0 aromatic carbocycles. The van der Waals surface area contributed by atoms with E-state index in [1.807, 2.05) is 0 Å². The van der Waals surface area contributed by atoms with Gasteiger partial charge in [0.25, 0.3) is 0 Å². The van der Waals surface area contributed by atoms with Crippen LogP contribution in [0.3, 0.4) is 0 Å². The zero-order chi connectivity index (χ0) is 13.9. The van der Waals surface area contributed by atoms with Crippen LogP contribution >= 0.6 is 0 Å². The van der Waals surface area contributed by atoms with Crippen molar-refractivity contribution in [2.45, 2.75) is 24.8 Å². The van der Waals surface area contributed by atoms with Crippen LogP contribution < -0.4 is 16.2 Å². The second-order valence-corrected chi connectivity index (χ2v) is 5.84. The standard InChI is InChI=1S/C10H16N4O3S/c1-6(2)9(10(12)15)14-18(16,17)8-5-13-4-3-7(8)11/h3-6,9,14H,1-2H3,(H2,11,13)(H2,12,15). The minimum absolute atomic E-state index is 0.0597. The molecule has 0 bridgehead atoms. The summed E-state index contributed by atoms with van der Waals surface area (Å²) in [5.74, 6) is -1.01. The molecule has 0 fully saturated rings. The Kier molecular flexibility index (Phi) is 4.25. The Labute approximate surface area is 106 Å². The molecule has 7 nitrogen and oxygen atoms in total. The number of nitrogen functional groups attached to an aromatic ring is 1. The van der Waals surface area contributed by atoms with E-state index in [2.05, 4.69) is 9.71 Å². The van der Waals surface area contributed by atoms with Gasteiger partial charge in [0.15, 0.2) is 0 Å². The molecule has 5 N–H and O–H groups in total. The smallest absolute Gasteiger partial charge is 0.244 e. The number of carbonyl (C=O) groups excluding carboxylic acids is 1. The fourth-order valence-electron chi connectivity index (χ4n) is 1.37. The first-order valence-corrected chi connectivity index (χ1v) is 6.75. The van der Waals surface area contributed by atoms with Crippen molar-refractivity contribution in [3.05, 3.63) is 18.5 Å². The van der Waals surface area contributed by atoms with Gasteiger partial charge in [0.2, 0.25) is 15.9 Å². The van der Waals surface area contributed by atoms with Crippen LogP contribution in [0.4, 0.5) is 5.69 Å². The first kappa shape index (κ1) is 14.4. The van der Waals surface area contributed by atoms with E-state index in [4.69, 9.17) is 11.5 Å². The number of hydrogen-bond acceptors (Lipinski definition) is 5. The highest BCUT2D eigenvalue weighted by molar-refractivity contribution is 7.89. The Morgan fingerprint density at radius 1 is 1.44 bits per heavy atom. The molecule has 1 unspecified atom stereocenters. The van der Waals surface area contributed by atoms with Gasteiger partial charge in [0, 0.05) is 12.4 Å². The third-order valence-corrected chi connectivity index (χ3v) is 3.85. The largest absolute Gasteiger partial charge is 0.398 e. The van der Waals surface area contributed by atoms with E-state index in [1.54, 1.807) is 13.8 Å². The van der Waals surface area contributed by atoms with Crippen molar-refractivity contribution >= 4 is 21.6 Å². The number of nitrogens with two attached hydrogens (primary N) is 2. The molecule has 18 heavy (non-hydrogen) atoms. The first-order chi connectivity index (χ1) is 8.25. The molecule has 0 spiro atoms. The minimum atomic E-state index is -3.92. The summed E-state index contributed by atoms with van der Waals surface area (Å²) in [6, 6.07) is 0.373. The maximum atomic E-state index is 12.0. The van der Waals surface area contributed by atoms with E-state index in [-0.39, 0.29) is 16.5 Å². The normalized spacial score (nSPS) is 13.5. The molecular formula is C10H16N4O3S. The minimum Gasteiger partial charge on any atom is -0.398 e. The average molecular weight is 272 g/mol. The van der Waals surface area contributed by atoms with Crippen LogP contribution in [0.15, 0.2) is 23.4 Å². The van der Waals surface area contributed by atoms with Gasteiger partial charge in [-0.2, -0.15) is 4.72 Å². The molecule has 1 heterocycles. The average Bonchev–Trinajstić information content (AvgIpc) is 2.25. The number of aromatic nitrogens is 1. The Hall–Kier alpha value is -1.67. The lowest BCUT2D eigenvalue weighted by Gasteiger charge is -2.19.